The Kier molecular flexibility index (Phi) is 3.27. The van der Waals surface area contributed by atoms with Crippen LogP contribution in [-0.4, -0.2) is 31.2 Å². The maximum absolute atomic E-state index is 9.92. The van der Waals surface area contributed by atoms with Crippen LogP contribution >= 0.6 is 0 Å². The van der Waals surface area contributed by atoms with Crippen molar-refractivity contribution in [3.63, 3.8) is 0 Å². The lowest BCUT2D eigenvalue weighted by Gasteiger charge is -2.45. The number of likely N-dealkylation sites (N-methyl/N-ethyl adjacent to an activating group) is 1. The number of methoxy groups -OCH3 is 1. The number of ether oxygens (including phenoxy) is 2. The largest absolute Gasteiger partial charge is 0.508 e. The molecule has 2 aliphatic rings. The third kappa shape index (κ3) is 1.99. The number of benzene rings is 3. The zero-order valence-corrected chi connectivity index (χ0v) is 16.4. The van der Waals surface area contributed by atoms with E-state index < -0.39 is 5.72 Å². The number of fused-ring (bicyclic) bond motifs is 4. The Labute approximate surface area is 163 Å². The lowest BCUT2D eigenvalue weighted by atomic mass is 9.77. The molecule has 142 valence electrons. The SMILES string of the molecule is COc1ccc2c(c1)C(C)(C)C1(C=Nc3c(ccc4ccc(O)cc34)O1)N2C. The van der Waals surface area contributed by atoms with E-state index in [0.29, 0.717) is 5.75 Å². The highest BCUT2D eigenvalue weighted by Gasteiger charge is 2.58. The standard InChI is InChI=1S/C23H22N2O3/c1-22(2)18-12-16(27-4)8-9-19(18)25(3)23(22)13-24-21-17-11-15(26)7-5-14(17)6-10-20(21)28-23/h5-13,26H,1-4H3. The molecule has 5 nitrogen and oxygen atoms in total. The Bertz CT molecular complexity index is 1150. The Hall–Kier alpha value is -3.21. The summed E-state index contributed by atoms with van der Waals surface area (Å²) in [6.07, 6.45) is 1.89. The minimum atomic E-state index is -0.751. The summed E-state index contributed by atoms with van der Waals surface area (Å²) in [5, 5.41) is 11.8. The fraction of sp³-hybridized carbons (Fsp3) is 0.261. The normalized spacial score (nSPS) is 21.5. The first-order valence-corrected chi connectivity index (χ1v) is 9.30. The fourth-order valence-corrected chi connectivity index (χ4v) is 4.50. The molecule has 0 aromatic heterocycles. The van der Waals surface area contributed by atoms with Crippen LogP contribution in [0.4, 0.5) is 11.4 Å². The molecule has 0 bridgehead atoms. The molecule has 0 radical (unpaired) electrons. The number of aromatic hydroxyl groups is 1. The molecule has 3 aromatic carbocycles. The molecule has 2 heterocycles. The van der Waals surface area contributed by atoms with Gasteiger partial charge in [0, 0.05) is 18.1 Å². The van der Waals surface area contributed by atoms with Crippen molar-refractivity contribution < 1.29 is 14.6 Å². The van der Waals surface area contributed by atoms with Crippen LogP contribution in [0.3, 0.4) is 0 Å². The molecule has 28 heavy (non-hydrogen) atoms. The molecule has 3 aromatic rings. The number of anilines is 1. The number of phenols is 1. The summed E-state index contributed by atoms with van der Waals surface area (Å²) in [6, 6.07) is 15.4. The van der Waals surface area contributed by atoms with Crippen molar-refractivity contribution in [2.75, 3.05) is 19.1 Å². The number of rotatable bonds is 1. The van der Waals surface area contributed by atoms with Crippen LogP contribution in [0.25, 0.3) is 10.8 Å². The Morgan fingerprint density at radius 3 is 2.64 bits per heavy atom. The van der Waals surface area contributed by atoms with Crippen LogP contribution in [0, 0.1) is 0 Å². The summed E-state index contributed by atoms with van der Waals surface area (Å²) >= 11 is 0. The van der Waals surface area contributed by atoms with Gasteiger partial charge in [0.05, 0.1) is 18.7 Å². The predicted octanol–water partition coefficient (Wildman–Crippen LogP) is 4.77. The van der Waals surface area contributed by atoms with Gasteiger partial charge in [-0.25, -0.2) is 0 Å². The van der Waals surface area contributed by atoms with Gasteiger partial charge in [0.2, 0.25) is 5.72 Å². The first kappa shape index (κ1) is 16.9. The van der Waals surface area contributed by atoms with Crippen molar-refractivity contribution in [2.24, 2.45) is 4.99 Å². The number of hydrogen-bond donors (Lipinski definition) is 1. The predicted molar refractivity (Wildman–Crippen MR) is 112 cm³/mol. The third-order valence-electron chi connectivity index (χ3n) is 6.21. The smallest absolute Gasteiger partial charge is 0.228 e. The first-order chi connectivity index (χ1) is 13.4. The third-order valence-corrected chi connectivity index (χ3v) is 6.21. The molecule has 5 rings (SSSR count). The van der Waals surface area contributed by atoms with Crippen molar-refractivity contribution in [1.82, 2.24) is 0 Å². The molecule has 1 unspecified atom stereocenters. The van der Waals surface area contributed by atoms with Gasteiger partial charge in [-0.15, -0.1) is 0 Å². The van der Waals surface area contributed by atoms with E-state index >= 15 is 0 Å². The van der Waals surface area contributed by atoms with Crippen molar-refractivity contribution in [2.45, 2.75) is 25.0 Å². The number of aliphatic imine (C=N–C) groups is 1. The monoisotopic (exact) mass is 374 g/mol. The molecular weight excluding hydrogens is 352 g/mol. The van der Waals surface area contributed by atoms with E-state index in [4.69, 9.17) is 14.5 Å². The van der Waals surface area contributed by atoms with Gasteiger partial charge >= 0.3 is 0 Å². The summed E-state index contributed by atoms with van der Waals surface area (Å²) in [4.78, 5) is 6.97. The molecule has 0 amide bonds. The highest BCUT2D eigenvalue weighted by Crippen LogP contribution is 2.54. The van der Waals surface area contributed by atoms with Gasteiger partial charge in [-0.05, 0) is 61.2 Å². The Morgan fingerprint density at radius 2 is 1.86 bits per heavy atom. The van der Waals surface area contributed by atoms with Crippen LogP contribution in [0.2, 0.25) is 0 Å². The molecule has 2 aliphatic heterocycles. The second-order valence-electron chi connectivity index (χ2n) is 7.94. The fourth-order valence-electron chi connectivity index (χ4n) is 4.50. The maximum Gasteiger partial charge on any atom is 0.228 e. The maximum atomic E-state index is 9.92. The van der Waals surface area contributed by atoms with Crippen molar-refractivity contribution >= 4 is 28.4 Å². The summed E-state index contributed by atoms with van der Waals surface area (Å²) < 4.78 is 12.1. The summed E-state index contributed by atoms with van der Waals surface area (Å²) in [5.41, 5.74) is 1.89. The quantitative estimate of drug-likeness (QED) is 0.666. The average molecular weight is 374 g/mol. The van der Waals surface area contributed by atoms with E-state index in [1.165, 1.54) is 0 Å². The van der Waals surface area contributed by atoms with E-state index in [-0.39, 0.29) is 11.2 Å². The molecule has 0 aliphatic carbocycles. The van der Waals surface area contributed by atoms with Gasteiger partial charge in [-0.2, -0.15) is 0 Å². The van der Waals surface area contributed by atoms with Crippen LogP contribution < -0.4 is 14.4 Å². The minimum Gasteiger partial charge on any atom is -0.508 e. The van der Waals surface area contributed by atoms with E-state index in [0.717, 1.165) is 33.5 Å². The Morgan fingerprint density at radius 1 is 1.07 bits per heavy atom. The van der Waals surface area contributed by atoms with Crippen molar-refractivity contribution in [3.8, 4) is 17.2 Å². The van der Waals surface area contributed by atoms with E-state index in [9.17, 15) is 5.11 Å². The molecule has 0 saturated carbocycles. The lowest BCUT2D eigenvalue weighted by molar-refractivity contribution is 0.0826. The van der Waals surface area contributed by atoms with E-state index in [2.05, 4.69) is 30.9 Å². The lowest BCUT2D eigenvalue weighted by Crippen LogP contribution is -2.61. The number of phenolic OH excluding ortho intramolecular Hbond substituents is 1. The topological polar surface area (TPSA) is 54.3 Å². The van der Waals surface area contributed by atoms with Gasteiger partial charge < -0.3 is 19.5 Å². The van der Waals surface area contributed by atoms with Crippen LogP contribution in [-0.2, 0) is 5.41 Å². The molecule has 1 N–H and O–H groups in total. The summed E-state index contributed by atoms with van der Waals surface area (Å²) in [7, 11) is 3.71. The van der Waals surface area contributed by atoms with E-state index in [1.807, 2.05) is 37.5 Å². The molecule has 1 atom stereocenters. The molecule has 0 saturated heterocycles. The van der Waals surface area contributed by atoms with E-state index in [1.54, 1.807) is 19.2 Å². The minimum absolute atomic E-state index is 0.217. The highest BCUT2D eigenvalue weighted by molar-refractivity contribution is 6.00. The van der Waals surface area contributed by atoms with Crippen molar-refractivity contribution in [1.29, 1.82) is 0 Å². The van der Waals surface area contributed by atoms with Crippen LogP contribution in [0.5, 0.6) is 17.2 Å². The summed E-state index contributed by atoms with van der Waals surface area (Å²) in [6.45, 7) is 4.33. The van der Waals surface area contributed by atoms with Gasteiger partial charge in [-0.3, -0.25) is 4.99 Å². The highest BCUT2D eigenvalue weighted by atomic mass is 16.5. The Balaban J connectivity index is 1.69. The second-order valence-corrected chi connectivity index (χ2v) is 7.94. The zero-order valence-electron chi connectivity index (χ0n) is 16.4. The molecule has 0 fully saturated rings. The zero-order chi connectivity index (χ0) is 19.7. The van der Waals surface area contributed by atoms with Crippen LogP contribution in [0.1, 0.15) is 19.4 Å². The van der Waals surface area contributed by atoms with Crippen LogP contribution in [0.15, 0.2) is 53.5 Å². The average Bonchev–Trinajstić information content (AvgIpc) is 2.86. The number of nitrogens with zero attached hydrogens (tertiary/aromatic N) is 2. The second kappa shape index (κ2) is 5.41. The molecule has 1 spiro atoms. The van der Waals surface area contributed by atoms with Gasteiger partial charge in [0.15, 0.2) is 0 Å². The molecule has 5 heteroatoms. The number of hydrogen-bond acceptors (Lipinski definition) is 5. The van der Waals surface area contributed by atoms with Gasteiger partial charge in [0.25, 0.3) is 0 Å². The summed E-state index contributed by atoms with van der Waals surface area (Å²) in [5.74, 6) is 1.75. The first-order valence-electron chi connectivity index (χ1n) is 9.30. The van der Waals surface area contributed by atoms with Crippen molar-refractivity contribution in [3.05, 3.63) is 54.1 Å². The van der Waals surface area contributed by atoms with Gasteiger partial charge in [-0.1, -0.05) is 12.1 Å². The molecular formula is C23H22N2O3. The van der Waals surface area contributed by atoms with Gasteiger partial charge in [0.1, 0.15) is 22.9 Å².